The zero-order chi connectivity index (χ0) is 13.5. The molecule has 0 aromatic carbocycles. The Labute approximate surface area is 117 Å². The van der Waals surface area contributed by atoms with E-state index in [4.69, 9.17) is 4.74 Å². The first-order valence-corrected chi connectivity index (χ1v) is 7.63. The van der Waals surface area contributed by atoms with E-state index in [9.17, 15) is 10.1 Å². The van der Waals surface area contributed by atoms with E-state index >= 15 is 0 Å². The van der Waals surface area contributed by atoms with Gasteiger partial charge in [0, 0.05) is 24.0 Å². The Morgan fingerprint density at radius 2 is 2.16 bits per heavy atom. The molecule has 5 nitrogen and oxygen atoms in total. The summed E-state index contributed by atoms with van der Waals surface area (Å²) in [7, 11) is 0. The summed E-state index contributed by atoms with van der Waals surface area (Å²) in [6, 6.07) is 3.36. The van der Waals surface area contributed by atoms with Gasteiger partial charge in [-0.15, -0.1) is 0 Å². The number of thiophene rings is 1. The van der Waals surface area contributed by atoms with E-state index in [-0.39, 0.29) is 9.92 Å². The molecule has 6 heteroatoms. The second-order valence-corrected chi connectivity index (χ2v) is 5.95. The van der Waals surface area contributed by atoms with Crippen LogP contribution in [0.4, 0.5) is 5.00 Å². The largest absolute Gasteiger partial charge is 0.377 e. The smallest absolute Gasteiger partial charge is 0.324 e. The predicted octanol–water partition coefficient (Wildman–Crippen LogP) is 3.10. The van der Waals surface area contributed by atoms with Crippen LogP contribution >= 0.6 is 11.3 Å². The lowest BCUT2D eigenvalue weighted by molar-refractivity contribution is -0.380. The van der Waals surface area contributed by atoms with Crippen molar-refractivity contribution in [3.8, 4) is 0 Å². The van der Waals surface area contributed by atoms with Crippen LogP contribution in [0.25, 0.3) is 0 Å². The maximum atomic E-state index is 10.5. The molecule has 2 rings (SSSR count). The molecular weight excluding hydrogens is 264 g/mol. The number of nitrogens with zero attached hydrogens (tertiary/aromatic N) is 1. The zero-order valence-electron chi connectivity index (χ0n) is 11.0. The van der Waals surface area contributed by atoms with E-state index in [1.54, 1.807) is 12.1 Å². The molecule has 0 spiro atoms. The minimum absolute atomic E-state index is 0.204. The molecule has 1 fully saturated rings. The third kappa shape index (κ3) is 4.89. The van der Waals surface area contributed by atoms with Gasteiger partial charge in [-0.25, -0.2) is 0 Å². The third-order valence-corrected chi connectivity index (χ3v) is 4.35. The van der Waals surface area contributed by atoms with Crippen LogP contribution in [-0.4, -0.2) is 24.2 Å². The highest BCUT2D eigenvalue weighted by atomic mass is 32.1. The van der Waals surface area contributed by atoms with Gasteiger partial charge in [-0.2, -0.15) is 0 Å². The Balaban J connectivity index is 1.57. The molecule has 0 amide bonds. The molecule has 1 aliphatic rings. The standard InChI is InChI=1S/C13H20N2O3S/c16-15(17)13-7-6-12(19-13)10-14-8-9-18-11-4-2-1-3-5-11/h6-7,11,14H,1-5,8-10H2. The average molecular weight is 284 g/mol. The maximum Gasteiger partial charge on any atom is 0.324 e. The van der Waals surface area contributed by atoms with Crippen molar-refractivity contribution in [3.63, 3.8) is 0 Å². The van der Waals surface area contributed by atoms with Crippen molar-refractivity contribution < 1.29 is 9.66 Å². The quantitative estimate of drug-likeness (QED) is 0.475. The molecule has 19 heavy (non-hydrogen) atoms. The van der Waals surface area contributed by atoms with E-state index in [0.29, 0.717) is 12.6 Å². The minimum Gasteiger partial charge on any atom is -0.377 e. The number of hydrogen-bond donors (Lipinski definition) is 1. The van der Waals surface area contributed by atoms with Gasteiger partial charge >= 0.3 is 5.00 Å². The molecule has 1 N–H and O–H groups in total. The number of nitrogens with one attached hydrogen (secondary N) is 1. The lowest BCUT2D eigenvalue weighted by Crippen LogP contribution is -2.24. The molecule has 0 bridgehead atoms. The molecule has 106 valence electrons. The van der Waals surface area contributed by atoms with Crippen LogP contribution < -0.4 is 5.32 Å². The summed E-state index contributed by atoms with van der Waals surface area (Å²) in [5.41, 5.74) is 0. The molecule has 1 aromatic heterocycles. The summed E-state index contributed by atoms with van der Waals surface area (Å²) in [5.74, 6) is 0. The van der Waals surface area contributed by atoms with Crippen LogP contribution in [-0.2, 0) is 11.3 Å². The number of rotatable bonds is 7. The van der Waals surface area contributed by atoms with Crippen LogP contribution in [0.3, 0.4) is 0 Å². The fourth-order valence-corrected chi connectivity index (χ4v) is 3.09. The van der Waals surface area contributed by atoms with Crippen molar-refractivity contribution in [3.05, 3.63) is 27.1 Å². The van der Waals surface area contributed by atoms with E-state index < -0.39 is 0 Å². The first-order chi connectivity index (χ1) is 9.25. The van der Waals surface area contributed by atoms with Crippen LogP contribution in [0.5, 0.6) is 0 Å². The molecule has 0 aliphatic heterocycles. The molecular formula is C13H20N2O3S. The topological polar surface area (TPSA) is 64.4 Å². The van der Waals surface area contributed by atoms with Crippen molar-refractivity contribution in [2.24, 2.45) is 0 Å². The van der Waals surface area contributed by atoms with Crippen LogP contribution in [0.15, 0.2) is 12.1 Å². The molecule has 1 saturated carbocycles. The molecule has 0 radical (unpaired) electrons. The molecule has 1 aromatic rings. The van der Waals surface area contributed by atoms with E-state index in [0.717, 1.165) is 18.0 Å². The van der Waals surface area contributed by atoms with E-state index in [1.807, 2.05) is 0 Å². The zero-order valence-corrected chi connectivity index (χ0v) is 11.8. The Kier molecular flexibility index (Phi) is 5.75. The first kappa shape index (κ1) is 14.4. The van der Waals surface area contributed by atoms with Gasteiger partial charge in [-0.1, -0.05) is 30.6 Å². The summed E-state index contributed by atoms with van der Waals surface area (Å²) in [6.07, 6.45) is 6.75. The second-order valence-electron chi connectivity index (χ2n) is 4.80. The van der Waals surface area contributed by atoms with E-state index in [1.165, 1.54) is 43.4 Å². The van der Waals surface area contributed by atoms with Gasteiger partial charge in [0.15, 0.2) is 0 Å². The Morgan fingerprint density at radius 1 is 1.37 bits per heavy atom. The van der Waals surface area contributed by atoms with Crippen molar-refractivity contribution in [1.29, 1.82) is 0 Å². The summed E-state index contributed by atoms with van der Waals surface area (Å²) < 4.78 is 5.80. The van der Waals surface area contributed by atoms with Crippen molar-refractivity contribution in [1.82, 2.24) is 5.32 Å². The first-order valence-electron chi connectivity index (χ1n) is 6.81. The number of ether oxygens (including phenoxy) is 1. The summed E-state index contributed by atoms with van der Waals surface area (Å²) in [6.45, 7) is 2.19. The molecule has 1 heterocycles. The highest BCUT2D eigenvalue weighted by molar-refractivity contribution is 7.15. The fourth-order valence-electron chi connectivity index (χ4n) is 2.30. The van der Waals surface area contributed by atoms with Crippen LogP contribution in [0, 0.1) is 10.1 Å². The minimum atomic E-state index is -0.347. The summed E-state index contributed by atoms with van der Waals surface area (Å²) in [4.78, 5) is 11.2. The molecule has 1 aliphatic carbocycles. The summed E-state index contributed by atoms with van der Waals surface area (Å²) >= 11 is 1.22. The lowest BCUT2D eigenvalue weighted by atomic mass is 9.98. The summed E-state index contributed by atoms with van der Waals surface area (Å²) in [5, 5.41) is 14.0. The van der Waals surface area contributed by atoms with Crippen LogP contribution in [0.2, 0.25) is 0 Å². The SMILES string of the molecule is O=[N+]([O-])c1ccc(CNCCOC2CCCCC2)s1. The predicted molar refractivity (Wildman–Crippen MR) is 75.5 cm³/mol. The Morgan fingerprint density at radius 3 is 2.84 bits per heavy atom. The van der Waals surface area contributed by atoms with Crippen molar-refractivity contribution in [2.75, 3.05) is 13.2 Å². The molecule has 0 atom stereocenters. The molecule has 0 unspecified atom stereocenters. The Bertz CT molecular complexity index is 402. The monoisotopic (exact) mass is 284 g/mol. The van der Waals surface area contributed by atoms with Crippen molar-refractivity contribution in [2.45, 2.75) is 44.8 Å². The van der Waals surface area contributed by atoms with Gasteiger partial charge in [0.25, 0.3) is 0 Å². The average Bonchev–Trinajstić information content (AvgIpc) is 2.89. The number of hydrogen-bond acceptors (Lipinski definition) is 5. The normalized spacial score (nSPS) is 16.6. The van der Waals surface area contributed by atoms with Gasteiger partial charge < -0.3 is 10.1 Å². The fraction of sp³-hybridized carbons (Fsp3) is 0.692. The number of nitro groups is 1. The van der Waals surface area contributed by atoms with Crippen molar-refractivity contribution >= 4 is 16.3 Å². The Hall–Kier alpha value is -0.980. The lowest BCUT2D eigenvalue weighted by Gasteiger charge is -2.21. The van der Waals surface area contributed by atoms with Gasteiger partial charge in [-0.05, 0) is 18.9 Å². The highest BCUT2D eigenvalue weighted by Gasteiger charge is 2.13. The van der Waals surface area contributed by atoms with Gasteiger partial charge in [0.05, 0.1) is 17.6 Å². The van der Waals surface area contributed by atoms with E-state index in [2.05, 4.69) is 5.32 Å². The second kappa shape index (κ2) is 7.57. The van der Waals surface area contributed by atoms with Gasteiger partial charge in [-0.3, -0.25) is 10.1 Å². The maximum absolute atomic E-state index is 10.5. The van der Waals surface area contributed by atoms with Crippen LogP contribution in [0.1, 0.15) is 37.0 Å². The van der Waals surface area contributed by atoms with Gasteiger partial charge in [0.2, 0.25) is 0 Å². The van der Waals surface area contributed by atoms with Gasteiger partial charge in [0.1, 0.15) is 0 Å². The highest BCUT2D eigenvalue weighted by Crippen LogP contribution is 2.23. The third-order valence-electron chi connectivity index (χ3n) is 3.31. The molecule has 0 saturated heterocycles.